The highest BCUT2D eigenvalue weighted by Gasteiger charge is 2.20. The molecule has 0 saturated heterocycles. The van der Waals surface area contributed by atoms with E-state index >= 15 is 0 Å². The molecule has 0 saturated carbocycles. The maximum absolute atomic E-state index is 5.63. The second-order valence-corrected chi connectivity index (χ2v) is 21.6. The average Bonchev–Trinajstić information content (AvgIpc) is 1.59. The van der Waals surface area contributed by atoms with Gasteiger partial charge in [-0.25, -0.2) is 0 Å². The number of aromatic nitrogens is 2. The number of hydrogen-bond acceptors (Lipinski definition) is 12. The molecule has 0 aliphatic heterocycles. The molecule has 2 heterocycles. The van der Waals surface area contributed by atoms with Crippen LogP contribution in [0.15, 0.2) is 146 Å². The quantitative estimate of drug-likeness (QED) is 0.0761. The summed E-state index contributed by atoms with van der Waals surface area (Å²) in [5, 5.41) is 4.34. The molecule has 9 aromatic carbocycles. The topological polar surface area (TPSA) is 121 Å². The van der Waals surface area contributed by atoms with Crippen LogP contribution in [-0.4, -0.2) is 105 Å². The molecule has 2 aromatic heterocycles. The van der Waals surface area contributed by atoms with Gasteiger partial charge in [-0.2, -0.15) is 0 Å². The minimum Gasteiger partial charge on any atom is -0.493 e. The summed E-state index contributed by atoms with van der Waals surface area (Å²) >= 11 is 19.1. The molecule has 18 heteroatoms. The second kappa shape index (κ2) is 31.7. The minimum atomic E-state index is 0.194. The molecule has 94 heavy (non-hydrogen) atoms. The molecule has 0 aliphatic rings. The normalized spacial score (nSPS) is 10.3. The molecular weight excluding hydrogens is 1270 g/mol. The van der Waals surface area contributed by atoms with Crippen LogP contribution in [0.1, 0.15) is 44.5 Å². The molecule has 0 radical (unpaired) electrons. The summed E-state index contributed by atoms with van der Waals surface area (Å²) in [7, 11) is 19.0. The molecule has 11 aromatic rings. The molecule has 478 valence electrons. The average molecular weight is 1340 g/mol. The van der Waals surface area contributed by atoms with Crippen LogP contribution in [0.2, 0.25) is 0 Å². The fraction of sp³-hybridized carbons (Fsp3) is 0.184. The highest BCUT2D eigenvalue weighted by atomic mass is 35.5. The maximum Gasteiger partial charge on any atom is 0.203 e. The first-order valence-electron chi connectivity index (χ1n) is 28.7. The zero-order valence-corrected chi connectivity index (χ0v) is 56.6. The molecule has 0 unspecified atom stereocenters. The van der Waals surface area contributed by atoms with Crippen molar-refractivity contribution in [3.63, 3.8) is 0 Å². The van der Waals surface area contributed by atoms with Gasteiger partial charge < -0.3 is 66.0 Å². The fourth-order valence-electron chi connectivity index (χ4n) is 10.9. The van der Waals surface area contributed by atoms with Crippen LogP contribution in [-0.2, 0) is 0 Å². The number of nitrogens with zero attached hydrogens (tertiary/aromatic N) is 2. The molecule has 11 rings (SSSR count). The lowest BCUT2D eigenvalue weighted by atomic mass is 10.1. The Kier molecular flexibility index (Phi) is 23.0. The standard InChI is InChI=1S/C74H60N2O12.2CH2Cl2/c1-77-63-37-49(38-64(78-2)71(63)85-9)17-13-45-21-29-59-55(33-45)56-34-46(14-18-50-39-65(79-3)72(86-10)66(40-50)80-4)22-30-60(56)75(59)53-25-27-54(28-26-53)76-61-31-23-47(15-19-51-41-67(81-5)73(87-11)68(42-51)82-6)35-57(61)58-36-48(24-32-62(58)76)16-20-52-43-69(83-7)74(88-12)70(44-52)84-8;2*2-1-3/h21-44H,1-12H3;2*1H2. The van der Waals surface area contributed by atoms with Gasteiger partial charge in [-0.1, -0.05) is 47.4 Å². The van der Waals surface area contributed by atoms with Crippen molar-refractivity contribution < 1.29 is 56.8 Å². The molecular formula is C76H64Cl4N2O12. The van der Waals surface area contributed by atoms with Gasteiger partial charge in [-0.3, -0.25) is 0 Å². The predicted octanol–water partition coefficient (Wildman–Crippen LogP) is 16.4. The van der Waals surface area contributed by atoms with Gasteiger partial charge in [0.1, 0.15) is 0 Å². The molecule has 14 nitrogen and oxygen atoms in total. The van der Waals surface area contributed by atoms with Crippen LogP contribution >= 0.6 is 46.4 Å². The van der Waals surface area contributed by atoms with Crippen molar-refractivity contribution in [3.05, 3.63) is 190 Å². The lowest BCUT2D eigenvalue weighted by molar-refractivity contribution is 0.324. The fourth-order valence-corrected chi connectivity index (χ4v) is 10.9. The van der Waals surface area contributed by atoms with Crippen LogP contribution in [0, 0.1) is 47.4 Å². The predicted molar refractivity (Wildman–Crippen MR) is 377 cm³/mol. The first-order valence-corrected chi connectivity index (χ1v) is 30.8. The van der Waals surface area contributed by atoms with Crippen molar-refractivity contribution in [3.8, 4) is 128 Å². The minimum absolute atomic E-state index is 0.194. The first kappa shape index (κ1) is 68.0. The van der Waals surface area contributed by atoms with Gasteiger partial charge in [-0.15, -0.1) is 46.4 Å². The van der Waals surface area contributed by atoms with Crippen molar-refractivity contribution in [1.82, 2.24) is 9.13 Å². The van der Waals surface area contributed by atoms with Gasteiger partial charge in [0.05, 0.1) is 118 Å². The Hall–Kier alpha value is -10.4. The SMILES string of the molecule is COc1cc(C#Cc2ccc3c(c2)c2cc(C#Cc4cc(OC)c(OC)c(OC)c4)ccc2n3-c2ccc(-n3c4ccc(C#Cc5cc(OC)c(OC)c(OC)c5)cc4c4cc(C#Cc5cc(OC)c(OC)c(OC)c5)ccc43)cc2)cc(OC)c1OC.ClCCl.ClCCl. The van der Waals surface area contributed by atoms with Crippen molar-refractivity contribution in [1.29, 1.82) is 0 Å². The van der Waals surface area contributed by atoms with Gasteiger partial charge in [0.25, 0.3) is 0 Å². The van der Waals surface area contributed by atoms with Gasteiger partial charge >= 0.3 is 0 Å². The third-order valence-corrected chi connectivity index (χ3v) is 15.0. The molecule has 0 fully saturated rings. The highest BCUT2D eigenvalue weighted by molar-refractivity contribution is 6.41. The summed E-state index contributed by atoms with van der Waals surface area (Å²) < 4.78 is 71.9. The number of methoxy groups -OCH3 is 12. The van der Waals surface area contributed by atoms with E-state index in [0.717, 1.165) is 77.2 Å². The lowest BCUT2D eigenvalue weighted by Crippen LogP contribution is -1.97. The Bertz CT molecular complexity index is 4190. The smallest absolute Gasteiger partial charge is 0.203 e. The van der Waals surface area contributed by atoms with E-state index in [1.54, 1.807) is 85.3 Å². The summed E-state index contributed by atoms with van der Waals surface area (Å²) in [5.74, 6) is 33.0. The summed E-state index contributed by atoms with van der Waals surface area (Å²) in [6, 6.07) is 48.3. The molecule has 0 bridgehead atoms. The zero-order chi connectivity index (χ0) is 67.0. The zero-order valence-electron chi connectivity index (χ0n) is 53.6. The number of rotatable bonds is 14. The number of ether oxygens (including phenoxy) is 12. The lowest BCUT2D eigenvalue weighted by Gasteiger charge is -2.12. The van der Waals surface area contributed by atoms with Gasteiger partial charge in [0.15, 0.2) is 46.0 Å². The molecule has 0 N–H and O–H groups in total. The molecule has 0 atom stereocenters. The van der Waals surface area contributed by atoms with E-state index < -0.39 is 0 Å². The van der Waals surface area contributed by atoms with Crippen LogP contribution in [0.25, 0.3) is 55.0 Å². The largest absolute Gasteiger partial charge is 0.493 e. The molecule has 0 amide bonds. The number of hydrogen-bond donors (Lipinski definition) is 0. The third-order valence-electron chi connectivity index (χ3n) is 15.0. The van der Waals surface area contributed by atoms with Crippen molar-refractivity contribution >= 4 is 90.0 Å². The maximum atomic E-state index is 5.63. The number of fused-ring (bicyclic) bond motifs is 6. The third kappa shape index (κ3) is 14.4. The van der Waals surface area contributed by atoms with Crippen LogP contribution in [0.3, 0.4) is 0 Å². The van der Waals surface area contributed by atoms with Crippen LogP contribution < -0.4 is 56.8 Å². The Labute approximate surface area is 566 Å². The van der Waals surface area contributed by atoms with E-state index in [1.807, 2.05) is 72.8 Å². The van der Waals surface area contributed by atoms with E-state index in [-0.39, 0.29) is 10.7 Å². The Morgan fingerprint density at radius 2 is 0.404 bits per heavy atom. The van der Waals surface area contributed by atoms with Gasteiger partial charge in [0.2, 0.25) is 23.0 Å². The molecule has 0 aliphatic carbocycles. The van der Waals surface area contributed by atoms with E-state index in [9.17, 15) is 0 Å². The van der Waals surface area contributed by atoms with Crippen molar-refractivity contribution in [2.24, 2.45) is 0 Å². The monoisotopic (exact) mass is 1340 g/mol. The van der Waals surface area contributed by atoms with Crippen LogP contribution in [0.5, 0.6) is 69.0 Å². The summed E-state index contributed by atoms with van der Waals surface area (Å²) in [6.45, 7) is 0. The Morgan fingerprint density at radius 3 is 0.564 bits per heavy atom. The number of halogens is 4. The van der Waals surface area contributed by atoms with Crippen LogP contribution in [0.4, 0.5) is 0 Å². The Morgan fingerprint density at radius 1 is 0.234 bits per heavy atom. The summed E-state index contributed by atoms with van der Waals surface area (Å²) in [4.78, 5) is 0. The first-order chi connectivity index (χ1) is 45.8. The number of benzene rings is 9. The van der Waals surface area contributed by atoms with E-state index in [2.05, 4.69) is 129 Å². The summed E-state index contributed by atoms with van der Waals surface area (Å²) in [6.07, 6.45) is 0. The van der Waals surface area contributed by atoms with E-state index in [4.69, 9.17) is 103 Å². The molecule has 0 spiro atoms. The van der Waals surface area contributed by atoms with Crippen molar-refractivity contribution in [2.75, 3.05) is 96.0 Å². The summed E-state index contributed by atoms with van der Waals surface area (Å²) in [5.41, 5.74) is 11.9. The number of alkyl halides is 4. The van der Waals surface area contributed by atoms with Crippen molar-refractivity contribution in [2.45, 2.75) is 0 Å². The highest BCUT2D eigenvalue weighted by Crippen LogP contribution is 2.43. The second-order valence-electron chi connectivity index (χ2n) is 20.0. The van der Waals surface area contributed by atoms with E-state index in [1.165, 1.54) is 0 Å². The Balaban J connectivity index is 0.00000167. The van der Waals surface area contributed by atoms with E-state index in [0.29, 0.717) is 91.2 Å². The van der Waals surface area contributed by atoms with Gasteiger partial charge in [-0.05, 0) is 146 Å². The van der Waals surface area contributed by atoms with Gasteiger partial charge in [0, 0.05) is 77.4 Å².